The molecule has 1 unspecified atom stereocenters. The Morgan fingerprint density at radius 2 is 2.08 bits per heavy atom. The number of halogens is 3. The molecule has 1 aliphatic heterocycles. The maximum atomic E-state index is 12.7. The Kier molecular flexibility index (Phi) is 4.20. The molecule has 0 bridgehead atoms. The van der Waals surface area contributed by atoms with Gasteiger partial charge in [-0.15, -0.1) is 11.3 Å². The lowest BCUT2D eigenvalue weighted by molar-refractivity contribution is -0.137. The fraction of sp³-hybridized carbons (Fsp3) is 0.294. The molecule has 136 valence electrons. The molecule has 1 N–H and O–H groups in total. The highest BCUT2D eigenvalue weighted by Gasteiger charge is 2.30. The van der Waals surface area contributed by atoms with Crippen LogP contribution in [0.2, 0.25) is 0 Å². The molecule has 1 amide bonds. The number of nitrogens with zero attached hydrogens (tertiary/aromatic N) is 2. The Labute approximate surface area is 150 Å². The first-order chi connectivity index (χ1) is 12.4. The van der Waals surface area contributed by atoms with Gasteiger partial charge in [-0.05, 0) is 18.6 Å². The highest BCUT2D eigenvalue weighted by molar-refractivity contribution is 7.15. The molecule has 1 fully saturated rings. The van der Waals surface area contributed by atoms with Crippen LogP contribution in [0, 0.1) is 0 Å². The fourth-order valence-corrected chi connectivity index (χ4v) is 3.68. The van der Waals surface area contributed by atoms with E-state index >= 15 is 0 Å². The van der Waals surface area contributed by atoms with E-state index in [0.29, 0.717) is 35.1 Å². The van der Waals surface area contributed by atoms with Gasteiger partial charge >= 0.3 is 6.18 Å². The van der Waals surface area contributed by atoms with E-state index in [4.69, 9.17) is 4.74 Å². The molecule has 1 aliphatic rings. The summed E-state index contributed by atoms with van der Waals surface area (Å²) < 4.78 is 44.9. The third kappa shape index (κ3) is 3.19. The van der Waals surface area contributed by atoms with Crippen molar-refractivity contribution in [1.29, 1.82) is 0 Å². The second kappa shape index (κ2) is 6.40. The number of fused-ring (bicyclic) bond motifs is 1. The molecule has 0 spiro atoms. The summed E-state index contributed by atoms with van der Waals surface area (Å²) in [6.45, 7) is 1.13. The van der Waals surface area contributed by atoms with Crippen LogP contribution in [0.3, 0.4) is 0 Å². The van der Waals surface area contributed by atoms with Gasteiger partial charge in [0, 0.05) is 23.7 Å². The molecule has 26 heavy (non-hydrogen) atoms. The summed E-state index contributed by atoms with van der Waals surface area (Å²) in [7, 11) is 0. The summed E-state index contributed by atoms with van der Waals surface area (Å²) in [5, 5.41) is 4.63. The zero-order valence-corrected chi connectivity index (χ0v) is 14.2. The minimum absolute atomic E-state index is 0.00430. The number of amides is 1. The normalized spacial score (nSPS) is 17.7. The number of hydrogen-bond donors (Lipinski definition) is 1. The second-order valence-corrected chi connectivity index (χ2v) is 6.85. The van der Waals surface area contributed by atoms with Crippen LogP contribution in [0.25, 0.3) is 16.2 Å². The number of nitrogens with one attached hydrogen (secondary N) is 1. The topological polar surface area (TPSA) is 55.6 Å². The van der Waals surface area contributed by atoms with E-state index in [1.165, 1.54) is 23.5 Å². The van der Waals surface area contributed by atoms with Crippen molar-refractivity contribution in [3.63, 3.8) is 0 Å². The molecule has 5 nitrogen and oxygen atoms in total. The van der Waals surface area contributed by atoms with Crippen molar-refractivity contribution in [2.24, 2.45) is 0 Å². The van der Waals surface area contributed by atoms with Crippen molar-refractivity contribution in [2.75, 3.05) is 13.2 Å². The van der Waals surface area contributed by atoms with Crippen molar-refractivity contribution in [2.45, 2.75) is 18.6 Å². The molecule has 1 atom stereocenters. The lowest BCUT2D eigenvalue weighted by atomic mass is 10.1. The largest absolute Gasteiger partial charge is 0.416 e. The standard InChI is InChI=1S/C17H14F3N3O2S/c18-17(19,20)11-3-1-10(2-4-11)13-7-23-14(9-26-16(23)22-13)15(24)21-12-5-6-25-8-12/h1-4,7,9,12H,5-6,8H2,(H,21,24). The molecule has 4 rings (SSSR count). The van der Waals surface area contributed by atoms with E-state index in [9.17, 15) is 18.0 Å². The van der Waals surface area contributed by atoms with E-state index < -0.39 is 11.7 Å². The molecular weight excluding hydrogens is 367 g/mol. The maximum Gasteiger partial charge on any atom is 0.416 e. The molecule has 0 saturated carbocycles. The van der Waals surface area contributed by atoms with Gasteiger partial charge in [0.2, 0.25) is 0 Å². The van der Waals surface area contributed by atoms with Crippen molar-refractivity contribution in [3.8, 4) is 11.3 Å². The molecule has 1 aromatic carbocycles. The first kappa shape index (κ1) is 17.0. The van der Waals surface area contributed by atoms with E-state index in [2.05, 4.69) is 10.3 Å². The van der Waals surface area contributed by atoms with Gasteiger partial charge in [-0.2, -0.15) is 13.2 Å². The summed E-state index contributed by atoms with van der Waals surface area (Å²) >= 11 is 1.30. The number of hydrogen-bond acceptors (Lipinski definition) is 4. The zero-order valence-electron chi connectivity index (χ0n) is 13.4. The van der Waals surface area contributed by atoms with Crippen LogP contribution in [0.5, 0.6) is 0 Å². The van der Waals surface area contributed by atoms with Crippen LogP contribution in [0.4, 0.5) is 13.2 Å². The number of benzene rings is 1. The average Bonchev–Trinajstić information content (AvgIpc) is 3.30. The Hall–Kier alpha value is -2.39. The third-order valence-electron chi connectivity index (χ3n) is 4.21. The van der Waals surface area contributed by atoms with E-state index in [1.54, 1.807) is 16.0 Å². The summed E-state index contributed by atoms with van der Waals surface area (Å²) in [5.41, 5.74) is 0.817. The van der Waals surface area contributed by atoms with Gasteiger partial charge in [0.1, 0.15) is 5.69 Å². The number of aromatic nitrogens is 2. The molecule has 0 aliphatic carbocycles. The van der Waals surface area contributed by atoms with Crippen molar-refractivity contribution in [3.05, 3.63) is 47.1 Å². The highest BCUT2D eigenvalue weighted by Crippen LogP contribution is 2.31. The zero-order chi connectivity index (χ0) is 18.3. The van der Waals surface area contributed by atoms with Crippen molar-refractivity contribution < 1.29 is 22.7 Å². The van der Waals surface area contributed by atoms with Crippen LogP contribution in [-0.2, 0) is 10.9 Å². The first-order valence-electron chi connectivity index (χ1n) is 7.94. The van der Waals surface area contributed by atoms with Crippen LogP contribution in [-0.4, -0.2) is 34.5 Å². The van der Waals surface area contributed by atoms with Gasteiger partial charge in [0.25, 0.3) is 5.91 Å². The van der Waals surface area contributed by atoms with Crippen LogP contribution in [0.15, 0.2) is 35.8 Å². The van der Waals surface area contributed by atoms with Gasteiger partial charge in [0.05, 0.1) is 23.9 Å². The second-order valence-electron chi connectivity index (χ2n) is 6.01. The SMILES string of the molecule is O=C(NC1CCOC1)c1csc2nc(-c3ccc(C(F)(F)F)cc3)cn12. The molecular formula is C17H14F3N3O2S. The molecule has 3 heterocycles. The monoisotopic (exact) mass is 381 g/mol. The smallest absolute Gasteiger partial charge is 0.379 e. The Morgan fingerprint density at radius 1 is 1.31 bits per heavy atom. The Bertz CT molecular complexity index is 940. The minimum atomic E-state index is -4.37. The summed E-state index contributed by atoms with van der Waals surface area (Å²) in [5.74, 6) is -0.219. The fourth-order valence-electron chi connectivity index (χ4n) is 2.82. The summed E-state index contributed by atoms with van der Waals surface area (Å²) in [6, 6.07) is 4.80. The number of thiazole rings is 1. The number of carbonyl (C=O) groups is 1. The highest BCUT2D eigenvalue weighted by atomic mass is 32.1. The molecule has 0 radical (unpaired) electrons. The molecule has 3 aromatic rings. The van der Waals surface area contributed by atoms with Gasteiger partial charge in [-0.25, -0.2) is 4.98 Å². The van der Waals surface area contributed by atoms with Crippen molar-refractivity contribution >= 4 is 22.2 Å². The third-order valence-corrected chi connectivity index (χ3v) is 5.05. The minimum Gasteiger partial charge on any atom is -0.379 e. The average molecular weight is 381 g/mol. The first-order valence-corrected chi connectivity index (χ1v) is 8.82. The maximum absolute atomic E-state index is 12.7. The lowest BCUT2D eigenvalue weighted by Gasteiger charge is -2.09. The van der Waals surface area contributed by atoms with E-state index in [1.807, 2.05) is 0 Å². The van der Waals surface area contributed by atoms with Crippen LogP contribution >= 0.6 is 11.3 Å². The van der Waals surface area contributed by atoms with Crippen molar-refractivity contribution in [1.82, 2.24) is 14.7 Å². The number of ether oxygens (including phenoxy) is 1. The quantitative estimate of drug-likeness (QED) is 0.754. The summed E-state index contributed by atoms with van der Waals surface area (Å²) in [4.78, 5) is 17.5. The number of alkyl halides is 3. The Balaban J connectivity index is 1.60. The predicted molar refractivity (Wildman–Crippen MR) is 90.2 cm³/mol. The number of imidazole rings is 1. The lowest BCUT2D eigenvalue weighted by Crippen LogP contribution is -2.35. The van der Waals surface area contributed by atoms with Crippen LogP contribution in [0.1, 0.15) is 22.5 Å². The number of carbonyl (C=O) groups excluding carboxylic acids is 1. The van der Waals surface area contributed by atoms with E-state index in [-0.39, 0.29) is 11.9 Å². The van der Waals surface area contributed by atoms with Gasteiger partial charge in [0.15, 0.2) is 4.96 Å². The predicted octanol–water partition coefficient (Wildman–Crippen LogP) is 3.60. The molecule has 1 saturated heterocycles. The van der Waals surface area contributed by atoms with Gasteiger partial charge in [-0.3, -0.25) is 9.20 Å². The van der Waals surface area contributed by atoms with Gasteiger partial charge < -0.3 is 10.1 Å². The summed E-state index contributed by atoms with van der Waals surface area (Å²) in [6.07, 6.45) is -1.93. The van der Waals surface area contributed by atoms with E-state index in [0.717, 1.165) is 18.6 Å². The molecule has 9 heteroatoms. The Morgan fingerprint density at radius 3 is 2.73 bits per heavy atom. The number of rotatable bonds is 3. The molecule has 2 aromatic heterocycles. The van der Waals surface area contributed by atoms with Crippen LogP contribution < -0.4 is 5.32 Å². The van der Waals surface area contributed by atoms with Gasteiger partial charge in [-0.1, -0.05) is 12.1 Å².